The third-order valence-corrected chi connectivity index (χ3v) is 3.42. The zero-order valence-corrected chi connectivity index (χ0v) is 10.9. The lowest BCUT2D eigenvalue weighted by atomic mass is 10.0. The molecule has 0 aliphatic carbocycles. The molecular weight excluding hydrogens is 259 g/mol. The predicted molar refractivity (Wildman–Crippen MR) is 72.5 cm³/mol. The number of hydrogen-bond acceptors (Lipinski definition) is 3. The molecule has 0 radical (unpaired) electrons. The maximum atomic E-state index is 13.7. The summed E-state index contributed by atoms with van der Waals surface area (Å²) < 4.78 is 24.8. The number of aliphatic hydroxyl groups excluding tert-OH is 1. The van der Waals surface area contributed by atoms with Gasteiger partial charge in [0.1, 0.15) is 5.75 Å². The second kappa shape index (κ2) is 5.51. The highest BCUT2D eigenvalue weighted by atomic mass is 19.1. The largest absolute Gasteiger partial charge is 0.493 e. The van der Waals surface area contributed by atoms with Crippen molar-refractivity contribution in [3.63, 3.8) is 0 Å². The van der Waals surface area contributed by atoms with Gasteiger partial charge in [-0.25, -0.2) is 4.39 Å². The minimum absolute atomic E-state index is 0.114. The van der Waals surface area contributed by atoms with E-state index in [4.69, 9.17) is 14.6 Å². The first-order valence-electron chi connectivity index (χ1n) is 6.51. The maximum absolute atomic E-state index is 13.7. The van der Waals surface area contributed by atoms with E-state index < -0.39 is 5.82 Å². The van der Waals surface area contributed by atoms with Crippen LogP contribution >= 0.6 is 0 Å². The van der Waals surface area contributed by atoms with Gasteiger partial charge < -0.3 is 14.6 Å². The van der Waals surface area contributed by atoms with Gasteiger partial charge in [-0.15, -0.1) is 0 Å². The summed E-state index contributed by atoms with van der Waals surface area (Å²) in [7, 11) is 0. The van der Waals surface area contributed by atoms with Crippen LogP contribution in [0.25, 0.3) is 0 Å². The molecule has 0 saturated heterocycles. The first-order valence-corrected chi connectivity index (χ1v) is 6.51. The van der Waals surface area contributed by atoms with Crippen molar-refractivity contribution in [1.82, 2.24) is 0 Å². The standard InChI is InChI=1S/C16H15FO3/c17-14-7-11(8-18)5-6-16(14)20-10-12-9-19-15-4-2-1-3-13(12)15/h1-7,12,18H,8-10H2. The molecule has 1 atom stereocenters. The molecule has 3 rings (SSSR count). The molecule has 1 aliphatic rings. The molecule has 2 aromatic rings. The molecule has 3 nitrogen and oxygen atoms in total. The highest BCUT2D eigenvalue weighted by molar-refractivity contribution is 5.40. The molecule has 0 bridgehead atoms. The fraction of sp³-hybridized carbons (Fsp3) is 0.250. The van der Waals surface area contributed by atoms with Gasteiger partial charge in [0, 0.05) is 5.56 Å². The van der Waals surface area contributed by atoms with Crippen LogP contribution in [0.5, 0.6) is 11.5 Å². The van der Waals surface area contributed by atoms with Crippen LogP contribution in [0.4, 0.5) is 4.39 Å². The van der Waals surface area contributed by atoms with Gasteiger partial charge in [0.2, 0.25) is 0 Å². The van der Waals surface area contributed by atoms with Crippen molar-refractivity contribution in [3.05, 3.63) is 59.4 Å². The van der Waals surface area contributed by atoms with Crippen LogP contribution in [-0.4, -0.2) is 18.3 Å². The van der Waals surface area contributed by atoms with Gasteiger partial charge in [0.05, 0.1) is 25.7 Å². The zero-order chi connectivity index (χ0) is 13.9. The Morgan fingerprint density at radius 1 is 1.25 bits per heavy atom. The number of para-hydroxylation sites is 1. The summed E-state index contributed by atoms with van der Waals surface area (Å²) in [5.74, 6) is 0.732. The monoisotopic (exact) mass is 274 g/mol. The van der Waals surface area contributed by atoms with E-state index >= 15 is 0 Å². The molecule has 1 N–H and O–H groups in total. The Balaban J connectivity index is 1.69. The molecule has 1 aliphatic heterocycles. The maximum Gasteiger partial charge on any atom is 0.165 e. The normalized spacial score (nSPS) is 16.6. The molecule has 0 fully saturated rings. The van der Waals surface area contributed by atoms with Gasteiger partial charge in [-0.05, 0) is 23.8 Å². The van der Waals surface area contributed by atoms with Crippen LogP contribution in [0.1, 0.15) is 17.0 Å². The van der Waals surface area contributed by atoms with Crippen molar-refractivity contribution in [2.75, 3.05) is 13.2 Å². The number of rotatable bonds is 4. The van der Waals surface area contributed by atoms with Gasteiger partial charge in [-0.1, -0.05) is 24.3 Å². The van der Waals surface area contributed by atoms with E-state index in [1.165, 1.54) is 6.07 Å². The third-order valence-electron chi connectivity index (χ3n) is 3.42. The van der Waals surface area contributed by atoms with E-state index in [-0.39, 0.29) is 18.3 Å². The average Bonchev–Trinajstić information content (AvgIpc) is 2.89. The first kappa shape index (κ1) is 12.9. The fourth-order valence-electron chi connectivity index (χ4n) is 2.32. The van der Waals surface area contributed by atoms with E-state index in [1.54, 1.807) is 12.1 Å². The Labute approximate surface area is 116 Å². The number of ether oxygens (including phenoxy) is 2. The quantitative estimate of drug-likeness (QED) is 0.931. The lowest BCUT2D eigenvalue weighted by Crippen LogP contribution is -2.12. The number of aliphatic hydroxyl groups is 1. The summed E-state index contributed by atoms with van der Waals surface area (Å²) in [4.78, 5) is 0. The highest BCUT2D eigenvalue weighted by Crippen LogP contribution is 2.34. The van der Waals surface area contributed by atoms with E-state index in [9.17, 15) is 4.39 Å². The fourth-order valence-corrected chi connectivity index (χ4v) is 2.32. The second-order valence-electron chi connectivity index (χ2n) is 4.78. The van der Waals surface area contributed by atoms with Crippen LogP contribution in [-0.2, 0) is 6.61 Å². The lowest BCUT2D eigenvalue weighted by molar-refractivity contribution is 0.240. The van der Waals surface area contributed by atoms with E-state index in [2.05, 4.69) is 0 Å². The molecule has 2 aromatic carbocycles. The SMILES string of the molecule is OCc1ccc(OCC2COc3ccccc32)c(F)c1. The minimum Gasteiger partial charge on any atom is -0.493 e. The van der Waals surface area contributed by atoms with E-state index in [0.29, 0.717) is 18.8 Å². The number of fused-ring (bicyclic) bond motifs is 1. The molecule has 1 heterocycles. The minimum atomic E-state index is -0.455. The van der Waals surface area contributed by atoms with E-state index in [0.717, 1.165) is 11.3 Å². The van der Waals surface area contributed by atoms with Gasteiger partial charge >= 0.3 is 0 Å². The van der Waals surface area contributed by atoms with Crippen LogP contribution in [0.3, 0.4) is 0 Å². The Morgan fingerprint density at radius 3 is 2.90 bits per heavy atom. The Morgan fingerprint density at radius 2 is 2.10 bits per heavy atom. The second-order valence-corrected chi connectivity index (χ2v) is 4.78. The molecule has 0 amide bonds. The molecule has 0 aromatic heterocycles. The molecule has 0 spiro atoms. The van der Waals surface area contributed by atoms with Crippen LogP contribution in [0.2, 0.25) is 0 Å². The summed E-state index contributed by atoms with van der Waals surface area (Å²) >= 11 is 0. The van der Waals surface area contributed by atoms with Crippen LogP contribution < -0.4 is 9.47 Å². The Bertz CT molecular complexity index is 612. The first-order chi connectivity index (χ1) is 9.78. The zero-order valence-electron chi connectivity index (χ0n) is 10.9. The molecule has 1 unspecified atom stereocenters. The molecule has 104 valence electrons. The summed E-state index contributed by atoms with van der Waals surface area (Å²) in [6.45, 7) is 0.739. The van der Waals surface area contributed by atoms with Crippen molar-refractivity contribution in [2.45, 2.75) is 12.5 Å². The number of halogens is 1. The lowest BCUT2D eigenvalue weighted by Gasteiger charge is -2.12. The van der Waals surface area contributed by atoms with Crippen molar-refractivity contribution in [3.8, 4) is 11.5 Å². The summed E-state index contributed by atoms with van der Waals surface area (Å²) in [6, 6.07) is 12.3. The molecule has 4 heteroatoms. The number of hydrogen-bond donors (Lipinski definition) is 1. The van der Waals surface area contributed by atoms with Crippen molar-refractivity contribution in [1.29, 1.82) is 0 Å². The third kappa shape index (κ3) is 2.47. The molecular formula is C16H15FO3. The average molecular weight is 274 g/mol. The van der Waals surface area contributed by atoms with Gasteiger partial charge in [-0.3, -0.25) is 0 Å². The molecule has 20 heavy (non-hydrogen) atoms. The number of benzene rings is 2. The summed E-state index contributed by atoms with van der Waals surface area (Å²) in [5, 5.41) is 8.94. The predicted octanol–water partition coefficient (Wildman–Crippen LogP) is 2.87. The smallest absolute Gasteiger partial charge is 0.165 e. The van der Waals surface area contributed by atoms with Crippen LogP contribution in [0, 0.1) is 5.82 Å². The van der Waals surface area contributed by atoms with Gasteiger partial charge in [0.25, 0.3) is 0 Å². The van der Waals surface area contributed by atoms with Crippen molar-refractivity contribution in [2.24, 2.45) is 0 Å². The Kier molecular flexibility index (Phi) is 3.56. The van der Waals surface area contributed by atoms with Gasteiger partial charge in [0.15, 0.2) is 11.6 Å². The summed E-state index contributed by atoms with van der Waals surface area (Å²) in [6.07, 6.45) is 0. The summed E-state index contributed by atoms with van der Waals surface area (Å²) in [5.41, 5.74) is 1.63. The molecule has 0 saturated carbocycles. The highest BCUT2D eigenvalue weighted by Gasteiger charge is 2.24. The Hall–Kier alpha value is -2.07. The van der Waals surface area contributed by atoms with Crippen molar-refractivity contribution >= 4 is 0 Å². The van der Waals surface area contributed by atoms with Crippen molar-refractivity contribution < 1.29 is 19.0 Å². The van der Waals surface area contributed by atoms with E-state index in [1.807, 2.05) is 24.3 Å². The van der Waals surface area contributed by atoms with Gasteiger partial charge in [-0.2, -0.15) is 0 Å². The topological polar surface area (TPSA) is 38.7 Å². The van der Waals surface area contributed by atoms with Crippen LogP contribution in [0.15, 0.2) is 42.5 Å².